The van der Waals surface area contributed by atoms with E-state index in [9.17, 15) is 4.79 Å². The fraction of sp³-hybridized carbons (Fsp3) is 0.417. The van der Waals surface area contributed by atoms with Crippen molar-refractivity contribution in [2.75, 3.05) is 6.61 Å². The van der Waals surface area contributed by atoms with E-state index in [4.69, 9.17) is 20.9 Å². The smallest absolute Gasteiger partial charge is 0.251 e. The van der Waals surface area contributed by atoms with E-state index < -0.39 is 5.60 Å². The van der Waals surface area contributed by atoms with Gasteiger partial charge in [0.15, 0.2) is 5.96 Å². The third-order valence-corrected chi connectivity index (χ3v) is 6.43. The Hall–Kier alpha value is -3.22. The molecule has 0 unspecified atom stereocenters. The Kier molecular flexibility index (Phi) is 5.29. The van der Waals surface area contributed by atoms with E-state index in [2.05, 4.69) is 17.2 Å². The van der Waals surface area contributed by atoms with E-state index in [0.29, 0.717) is 17.9 Å². The second-order valence-electron chi connectivity index (χ2n) is 9.02. The summed E-state index contributed by atoms with van der Waals surface area (Å²) in [6.07, 6.45) is 0. The van der Waals surface area contributed by atoms with Crippen molar-refractivity contribution < 1.29 is 14.3 Å². The number of nitrogens with zero attached hydrogens (tertiary/aromatic N) is 1. The molecule has 2 aromatic rings. The molecule has 7 nitrogen and oxygen atoms in total. The van der Waals surface area contributed by atoms with Gasteiger partial charge < -0.3 is 26.3 Å². The minimum absolute atomic E-state index is 0.0226. The lowest BCUT2D eigenvalue weighted by Crippen LogP contribution is -2.48. The van der Waals surface area contributed by atoms with E-state index in [1.807, 2.05) is 57.2 Å². The first kappa shape index (κ1) is 21.0. The van der Waals surface area contributed by atoms with Crippen LogP contribution >= 0.6 is 0 Å². The zero-order valence-corrected chi connectivity index (χ0v) is 18.4. The molecule has 0 saturated carbocycles. The van der Waals surface area contributed by atoms with Crippen LogP contribution in [0.15, 0.2) is 47.5 Å². The first-order valence-corrected chi connectivity index (χ1v) is 10.6. The third-order valence-electron chi connectivity index (χ3n) is 6.43. The van der Waals surface area contributed by atoms with Gasteiger partial charge in [-0.15, -0.1) is 0 Å². The minimum atomic E-state index is -0.413. The molecular formula is C24H30N4O3. The van der Waals surface area contributed by atoms with E-state index in [1.165, 1.54) is 0 Å². The van der Waals surface area contributed by atoms with Crippen LogP contribution in [0.25, 0.3) is 0 Å². The Labute approximate surface area is 182 Å². The second kappa shape index (κ2) is 7.80. The highest BCUT2D eigenvalue weighted by Gasteiger charge is 2.41. The molecule has 0 aliphatic carbocycles. The molecule has 0 aromatic heterocycles. The molecule has 1 amide bonds. The van der Waals surface area contributed by atoms with Gasteiger partial charge in [-0.2, -0.15) is 0 Å². The molecule has 0 saturated heterocycles. The summed E-state index contributed by atoms with van der Waals surface area (Å²) in [6, 6.07) is 12.9. The van der Waals surface area contributed by atoms with Gasteiger partial charge in [-0.1, -0.05) is 32.0 Å². The number of hydrogen-bond acceptors (Lipinski definition) is 4. The number of rotatable bonds is 3. The fourth-order valence-electron chi connectivity index (χ4n) is 4.33. The summed E-state index contributed by atoms with van der Waals surface area (Å²) < 4.78 is 12.0. The van der Waals surface area contributed by atoms with Gasteiger partial charge in [0, 0.05) is 28.5 Å². The molecule has 4 rings (SSSR count). The Morgan fingerprint density at radius 3 is 2.58 bits per heavy atom. The SMILES string of the molecule is C[C@H]1COc2ccc(C(=O)N[C@@H]3c4ccccc4OC(C)(C)[C@H]3C)cc2[C@H]1N=C(N)N. The van der Waals surface area contributed by atoms with Crippen molar-refractivity contribution in [3.8, 4) is 11.5 Å². The number of ether oxygens (including phenoxy) is 2. The summed E-state index contributed by atoms with van der Waals surface area (Å²) in [5.74, 6) is 1.54. The van der Waals surface area contributed by atoms with Gasteiger partial charge in [0.2, 0.25) is 0 Å². The molecule has 0 fully saturated rings. The number of carbonyl (C=O) groups is 1. The van der Waals surface area contributed by atoms with E-state index in [-0.39, 0.29) is 35.8 Å². The topological polar surface area (TPSA) is 112 Å². The molecule has 2 heterocycles. The number of carbonyl (C=O) groups excluding carboxylic acids is 1. The summed E-state index contributed by atoms with van der Waals surface area (Å²) >= 11 is 0. The monoisotopic (exact) mass is 422 g/mol. The minimum Gasteiger partial charge on any atom is -0.493 e. The maximum Gasteiger partial charge on any atom is 0.251 e. The summed E-state index contributed by atoms with van der Waals surface area (Å²) in [6.45, 7) is 8.73. The van der Waals surface area contributed by atoms with Gasteiger partial charge in [-0.25, -0.2) is 4.99 Å². The van der Waals surface area contributed by atoms with Gasteiger partial charge in [-0.05, 0) is 38.1 Å². The molecule has 2 aliphatic rings. The van der Waals surface area contributed by atoms with Crippen LogP contribution in [0.4, 0.5) is 0 Å². The molecule has 0 radical (unpaired) electrons. The van der Waals surface area contributed by atoms with E-state index in [1.54, 1.807) is 6.07 Å². The number of para-hydroxylation sites is 1. The maximum absolute atomic E-state index is 13.3. The quantitative estimate of drug-likeness (QED) is 0.519. The maximum atomic E-state index is 13.3. The number of hydrogen-bond donors (Lipinski definition) is 3. The molecule has 31 heavy (non-hydrogen) atoms. The number of nitrogens with one attached hydrogen (secondary N) is 1. The average Bonchev–Trinajstić information content (AvgIpc) is 2.72. The molecule has 7 heteroatoms. The van der Waals surface area contributed by atoms with Crippen LogP contribution in [0.2, 0.25) is 0 Å². The van der Waals surface area contributed by atoms with Gasteiger partial charge in [0.05, 0.1) is 18.7 Å². The Bertz CT molecular complexity index is 1030. The lowest BCUT2D eigenvalue weighted by Gasteiger charge is -2.43. The Morgan fingerprint density at radius 2 is 1.84 bits per heavy atom. The van der Waals surface area contributed by atoms with Crippen molar-refractivity contribution >= 4 is 11.9 Å². The third kappa shape index (κ3) is 3.92. The highest BCUT2D eigenvalue weighted by atomic mass is 16.5. The molecule has 2 aromatic carbocycles. The van der Waals surface area contributed by atoms with Crippen LogP contribution in [0.5, 0.6) is 11.5 Å². The van der Waals surface area contributed by atoms with Crippen molar-refractivity contribution in [3.05, 3.63) is 59.2 Å². The lowest BCUT2D eigenvalue weighted by atomic mass is 9.79. The standard InChI is InChI=1S/C24H30N4O3/c1-13-12-30-18-10-9-15(11-17(18)20(13)28-23(25)26)22(29)27-21-14(2)24(3,4)31-19-8-6-5-7-16(19)21/h5-11,13-14,20-21H,12H2,1-4H3,(H,27,29)(H4,25,26,28)/t13-,14-,20-,21-/m0/s1. The van der Waals surface area contributed by atoms with Crippen LogP contribution in [0.1, 0.15) is 61.3 Å². The number of nitrogens with two attached hydrogens (primary N) is 2. The highest BCUT2D eigenvalue weighted by Crippen LogP contribution is 2.43. The average molecular weight is 423 g/mol. The zero-order valence-electron chi connectivity index (χ0n) is 18.4. The van der Waals surface area contributed by atoms with Crippen molar-refractivity contribution in [3.63, 3.8) is 0 Å². The molecule has 164 valence electrons. The van der Waals surface area contributed by atoms with Crippen LogP contribution in [-0.4, -0.2) is 24.1 Å². The molecule has 0 spiro atoms. The lowest BCUT2D eigenvalue weighted by molar-refractivity contribution is 0.0123. The Balaban J connectivity index is 1.66. The van der Waals surface area contributed by atoms with E-state index >= 15 is 0 Å². The van der Waals surface area contributed by atoms with Gasteiger partial charge in [0.25, 0.3) is 5.91 Å². The summed E-state index contributed by atoms with van der Waals surface area (Å²) in [5, 5.41) is 3.23. The van der Waals surface area contributed by atoms with Gasteiger partial charge in [-0.3, -0.25) is 4.79 Å². The summed E-state index contributed by atoms with van der Waals surface area (Å²) in [4.78, 5) is 17.7. The molecule has 4 atom stereocenters. The van der Waals surface area contributed by atoms with Crippen molar-refractivity contribution in [2.24, 2.45) is 28.3 Å². The number of amides is 1. The second-order valence-corrected chi connectivity index (χ2v) is 9.02. The first-order valence-electron chi connectivity index (χ1n) is 10.6. The highest BCUT2D eigenvalue weighted by molar-refractivity contribution is 5.95. The summed E-state index contributed by atoms with van der Waals surface area (Å²) in [5.41, 5.74) is 13.2. The van der Waals surface area contributed by atoms with Crippen LogP contribution in [0, 0.1) is 11.8 Å². The molecular weight excluding hydrogens is 392 g/mol. The molecule has 2 aliphatic heterocycles. The molecule has 0 bridgehead atoms. The van der Waals surface area contributed by atoms with Crippen LogP contribution < -0.4 is 26.3 Å². The zero-order chi connectivity index (χ0) is 22.3. The normalized spacial score (nSPS) is 25.8. The van der Waals surface area contributed by atoms with Gasteiger partial charge >= 0.3 is 0 Å². The number of aliphatic imine (C=N–C) groups is 1. The largest absolute Gasteiger partial charge is 0.493 e. The van der Waals surface area contributed by atoms with Crippen molar-refractivity contribution in [1.82, 2.24) is 5.32 Å². The Morgan fingerprint density at radius 1 is 1.10 bits per heavy atom. The van der Waals surface area contributed by atoms with Gasteiger partial charge in [0.1, 0.15) is 17.1 Å². The number of fused-ring (bicyclic) bond motifs is 2. The first-order chi connectivity index (χ1) is 14.7. The predicted molar refractivity (Wildman–Crippen MR) is 120 cm³/mol. The summed E-state index contributed by atoms with van der Waals surface area (Å²) in [7, 11) is 0. The van der Waals surface area contributed by atoms with Crippen molar-refractivity contribution in [2.45, 2.75) is 45.4 Å². The molecule has 5 N–H and O–H groups in total. The fourth-order valence-corrected chi connectivity index (χ4v) is 4.33. The van der Waals surface area contributed by atoms with Crippen LogP contribution in [0.3, 0.4) is 0 Å². The van der Waals surface area contributed by atoms with Crippen molar-refractivity contribution in [1.29, 1.82) is 0 Å². The van der Waals surface area contributed by atoms with E-state index in [0.717, 1.165) is 16.9 Å². The predicted octanol–water partition coefficient (Wildman–Crippen LogP) is 3.31. The number of benzene rings is 2. The number of guanidine groups is 1. The van der Waals surface area contributed by atoms with Crippen LogP contribution in [-0.2, 0) is 0 Å².